The van der Waals surface area contributed by atoms with Gasteiger partial charge in [0, 0.05) is 6.54 Å². The number of benzene rings is 1. The number of aliphatic imine (C=N–C) groups is 1. The molecule has 0 aliphatic carbocycles. The van der Waals surface area contributed by atoms with E-state index in [1.807, 2.05) is 0 Å². The van der Waals surface area contributed by atoms with Crippen LogP contribution in [0.2, 0.25) is 0 Å². The SMILES string of the molecule is Cc1ccc(C2=CCNC=N2)cc1. The Balaban J connectivity index is 2.30. The molecule has 0 unspecified atom stereocenters. The van der Waals surface area contributed by atoms with Gasteiger partial charge in [-0.15, -0.1) is 0 Å². The lowest BCUT2D eigenvalue weighted by molar-refractivity contribution is 1.05. The maximum Gasteiger partial charge on any atom is 0.0888 e. The van der Waals surface area contributed by atoms with Gasteiger partial charge in [0.25, 0.3) is 0 Å². The number of nitrogens with zero attached hydrogens (tertiary/aromatic N) is 1. The van der Waals surface area contributed by atoms with E-state index >= 15 is 0 Å². The van der Waals surface area contributed by atoms with Gasteiger partial charge in [0.05, 0.1) is 12.0 Å². The first-order valence-electron chi connectivity index (χ1n) is 4.39. The van der Waals surface area contributed by atoms with Gasteiger partial charge in [-0.05, 0) is 18.6 Å². The summed E-state index contributed by atoms with van der Waals surface area (Å²) in [5.41, 5.74) is 3.52. The van der Waals surface area contributed by atoms with Gasteiger partial charge in [0.2, 0.25) is 0 Å². The molecular weight excluding hydrogens is 160 g/mol. The summed E-state index contributed by atoms with van der Waals surface area (Å²) in [5.74, 6) is 0. The van der Waals surface area contributed by atoms with E-state index in [0.717, 1.165) is 12.2 Å². The molecule has 0 amide bonds. The fourth-order valence-electron chi connectivity index (χ4n) is 1.29. The molecule has 2 rings (SSSR count). The van der Waals surface area contributed by atoms with Crippen LogP contribution in [-0.4, -0.2) is 12.9 Å². The minimum Gasteiger partial charge on any atom is -0.373 e. The van der Waals surface area contributed by atoms with Crippen LogP contribution in [0.1, 0.15) is 11.1 Å². The van der Waals surface area contributed by atoms with E-state index in [1.165, 1.54) is 11.1 Å². The van der Waals surface area contributed by atoms with Crippen molar-refractivity contribution in [3.8, 4) is 0 Å². The summed E-state index contributed by atoms with van der Waals surface area (Å²) in [5, 5.41) is 3.03. The lowest BCUT2D eigenvalue weighted by Crippen LogP contribution is -2.14. The lowest BCUT2D eigenvalue weighted by atomic mass is 10.1. The predicted octanol–water partition coefficient (Wildman–Crippen LogP) is 1.97. The second-order valence-electron chi connectivity index (χ2n) is 3.12. The number of nitrogens with one attached hydrogen (secondary N) is 1. The maximum absolute atomic E-state index is 4.25. The van der Waals surface area contributed by atoms with Crippen molar-refractivity contribution < 1.29 is 0 Å². The van der Waals surface area contributed by atoms with Crippen LogP contribution in [0.15, 0.2) is 35.3 Å². The van der Waals surface area contributed by atoms with E-state index in [2.05, 4.69) is 47.6 Å². The zero-order valence-corrected chi connectivity index (χ0v) is 7.62. The molecule has 66 valence electrons. The minimum absolute atomic E-state index is 0.868. The number of rotatable bonds is 1. The molecule has 0 atom stereocenters. The minimum atomic E-state index is 0.868. The van der Waals surface area contributed by atoms with Gasteiger partial charge >= 0.3 is 0 Å². The van der Waals surface area contributed by atoms with Gasteiger partial charge in [-0.3, -0.25) is 0 Å². The highest BCUT2D eigenvalue weighted by Gasteiger charge is 2.00. The molecule has 13 heavy (non-hydrogen) atoms. The van der Waals surface area contributed by atoms with Gasteiger partial charge < -0.3 is 5.32 Å². The third-order valence-corrected chi connectivity index (χ3v) is 2.06. The number of hydrogen-bond acceptors (Lipinski definition) is 2. The standard InChI is InChI=1S/C11H12N2/c1-9-2-4-10(5-3-9)11-6-7-12-8-13-11/h2-6,8H,7H2,1H3,(H,12,13). The molecule has 1 N–H and O–H groups in total. The Kier molecular flexibility index (Phi) is 2.13. The molecule has 1 aromatic carbocycles. The Morgan fingerprint density at radius 3 is 2.62 bits per heavy atom. The Labute approximate surface area is 78.0 Å². The van der Waals surface area contributed by atoms with E-state index in [0.29, 0.717) is 0 Å². The predicted molar refractivity (Wildman–Crippen MR) is 55.7 cm³/mol. The van der Waals surface area contributed by atoms with Crippen LogP contribution in [0.4, 0.5) is 0 Å². The second kappa shape index (κ2) is 3.44. The van der Waals surface area contributed by atoms with Crippen LogP contribution in [0.5, 0.6) is 0 Å². The van der Waals surface area contributed by atoms with Crippen LogP contribution in [-0.2, 0) is 0 Å². The van der Waals surface area contributed by atoms with Crippen molar-refractivity contribution in [1.82, 2.24) is 5.32 Å². The maximum atomic E-state index is 4.25. The van der Waals surface area contributed by atoms with Gasteiger partial charge in [-0.2, -0.15) is 0 Å². The quantitative estimate of drug-likeness (QED) is 0.688. The van der Waals surface area contributed by atoms with E-state index < -0.39 is 0 Å². The third-order valence-electron chi connectivity index (χ3n) is 2.06. The number of hydrogen-bond donors (Lipinski definition) is 1. The van der Waals surface area contributed by atoms with Crippen molar-refractivity contribution in [2.45, 2.75) is 6.92 Å². The fraction of sp³-hybridized carbons (Fsp3) is 0.182. The third kappa shape index (κ3) is 1.78. The Morgan fingerprint density at radius 2 is 2.00 bits per heavy atom. The first-order chi connectivity index (χ1) is 6.36. The molecule has 0 fully saturated rings. The number of aryl methyl sites for hydroxylation is 1. The normalized spacial score (nSPS) is 15.0. The summed E-state index contributed by atoms with van der Waals surface area (Å²) in [7, 11) is 0. The highest BCUT2D eigenvalue weighted by molar-refractivity contribution is 5.75. The monoisotopic (exact) mass is 172 g/mol. The van der Waals surface area contributed by atoms with E-state index in [4.69, 9.17) is 0 Å². The highest BCUT2D eigenvalue weighted by Crippen LogP contribution is 2.16. The van der Waals surface area contributed by atoms with Crippen molar-refractivity contribution >= 4 is 12.0 Å². The summed E-state index contributed by atoms with van der Waals surface area (Å²) >= 11 is 0. The van der Waals surface area contributed by atoms with Crippen molar-refractivity contribution in [2.24, 2.45) is 4.99 Å². The van der Waals surface area contributed by atoms with Gasteiger partial charge in [0.1, 0.15) is 0 Å². The molecule has 1 aliphatic rings. The van der Waals surface area contributed by atoms with Gasteiger partial charge in [0.15, 0.2) is 0 Å². The lowest BCUT2D eigenvalue weighted by Gasteiger charge is -2.07. The fourth-order valence-corrected chi connectivity index (χ4v) is 1.29. The van der Waals surface area contributed by atoms with Gasteiger partial charge in [-0.25, -0.2) is 4.99 Å². The van der Waals surface area contributed by atoms with E-state index in [9.17, 15) is 0 Å². The van der Waals surface area contributed by atoms with Gasteiger partial charge in [-0.1, -0.05) is 29.8 Å². The zero-order chi connectivity index (χ0) is 9.10. The second-order valence-corrected chi connectivity index (χ2v) is 3.12. The zero-order valence-electron chi connectivity index (χ0n) is 7.62. The molecule has 2 heteroatoms. The van der Waals surface area contributed by atoms with E-state index in [1.54, 1.807) is 6.34 Å². The van der Waals surface area contributed by atoms with Crippen molar-refractivity contribution in [2.75, 3.05) is 6.54 Å². The Bertz CT molecular complexity index is 347. The molecule has 0 saturated carbocycles. The van der Waals surface area contributed by atoms with Crippen LogP contribution in [0, 0.1) is 6.92 Å². The average molecular weight is 172 g/mol. The highest BCUT2D eigenvalue weighted by atomic mass is 15.0. The van der Waals surface area contributed by atoms with Crippen LogP contribution in [0.25, 0.3) is 5.70 Å². The Morgan fingerprint density at radius 1 is 1.23 bits per heavy atom. The largest absolute Gasteiger partial charge is 0.373 e. The molecule has 0 bridgehead atoms. The molecular formula is C11H12N2. The molecule has 0 spiro atoms. The summed E-state index contributed by atoms with van der Waals surface area (Å²) in [6, 6.07) is 8.41. The van der Waals surface area contributed by atoms with Crippen LogP contribution < -0.4 is 5.32 Å². The van der Waals surface area contributed by atoms with E-state index in [-0.39, 0.29) is 0 Å². The Hall–Kier alpha value is -1.57. The molecule has 2 nitrogen and oxygen atoms in total. The summed E-state index contributed by atoms with van der Waals surface area (Å²) in [4.78, 5) is 4.25. The van der Waals surface area contributed by atoms with Crippen molar-refractivity contribution in [3.63, 3.8) is 0 Å². The van der Waals surface area contributed by atoms with Crippen molar-refractivity contribution in [3.05, 3.63) is 41.5 Å². The molecule has 1 aliphatic heterocycles. The summed E-state index contributed by atoms with van der Waals surface area (Å²) in [6.07, 6.45) is 3.83. The first-order valence-corrected chi connectivity index (χ1v) is 4.39. The molecule has 0 aromatic heterocycles. The molecule has 1 aromatic rings. The van der Waals surface area contributed by atoms with Crippen LogP contribution >= 0.6 is 0 Å². The molecule has 0 saturated heterocycles. The average Bonchev–Trinajstić information content (AvgIpc) is 2.20. The first kappa shape index (κ1) is 8.05. The molecule has 0 radical (unpaired) electrons. The summed E-state index contributed by atoms with van der Waals surface area (Å²) in [6.45, 7) is 2.95. The van der Waals surface area contributed by atoms with Crippen LogP contribution in [0.3, 0.4) is 0 Å². The summed E-state index contributed by atoms with van der Waals surface area (Å²) < 4.78 is 0. The topological polar surface area (TPSA) is 24.4 Å². The smallest absolute Gasteiger partial charge is 0.0888 e. The van der Waals surface area contributed by atoms with Crippen molar-refractivity contribution in [1.29, 1.82) is 0 Å². The molecule has 1 heterocycles.